The van der Waals surface area contributed by atoms with Crippen LogP contribution in [0.1, 0.15) is 51.0 Å². The van der Waals surface area contributed by atoms with Crippen LogP contribution < -0.4 is 16.4 Å². The molecule has 1 heterocycles. The number of hydrogen-bond acceptors (Lipinski definition) is 7. The van der Waals surface area contributed by atoms with Crippen molar-refractivity contribution in [1.29, 1.82) is 0 Å². The van der Waals surface area contributed by atoms with Crippen LogP contribution in [0.15, 0.2) is 11.8 Å². The van der Waals surface area contributed by atoms with Crippen LogP contribution in [-0.2, 0) is 9.53 Å². The van der Waals surface area contributed by atoms with Crippen molar-refractivity contribution in [2.24, 2.45) is 5.92 Å². The number of ether oxygens (including phenoxy) is 1. The zero-order chi connectivity index (χ0) is 19.5. The Labute approximate surface area is 157 Å². The van der Waals surface area contributed by atoms with E-state index in [-0.39, 0.29) is 28.3 Å². The van der Waals surface area contributed by atoms with E-state index in [1.165, 1.54) is 25.8 Å². The number of nitrogens with one attached hydrogen (secondary N) is 2. The summed E-state index contributed by atoms with van der Waals surface area (Å²) in [5.74, 6) is -0.243. The second-order valence-electron chi connectivity index (χ2n) is 7.30. The van der Waals surface area contributed by atoms with Crippen LogP contribution in [0.4, 0.5) is 11.6 Å². The molecule has 8 nitrogen and oxygen atoms in total. The summed E-state index contributed by atoms with van der Waals surface area (Å²) in [7, 11) is 0. The van der Waals surface area contributed by atoms with Crippen molar-refractivity contribution in [3.8, 4) is 0 Å². The van der Waals surface area contributed by atoms with Crippen LogP contribution in [0.5, 0.6) is 0 Å². The van der Waals surface area contributed by atoms with E-state index in [9.17, 15) is 9.59 Å². The monoisotopic (exact) mass is 381 g/mol. The molecule has 2 rings (SSSR count). The summed E-state index contributed by atoms with van der Waals surface area (Å²) in [6.45, 7) is 7.75. The van der Waals surface area contributed by atoms with E-state index in [4.69, 9.17) is 22.1 Å². The summed E-state index contributed by atoms with van der Waals surface area (Å²) in [6, 6.07) is 0. The largest absolute Gasteiger partial charge is 0.426 e. The third kappa shape index (κ3) is 6.18. The number of nitrogen functional groups attached to an aromatic ring is 1. The highest BCUT2D eigenvalue weighted by molar-refractivity contribution is 6.31. The predicted octanol–water partition coefficient (Wildman–Crippen LogP) is 2.51. The molecule has 0 unspecified atom stereocenters. The standard InChI is InChI=1S/C17H24ClN5O3/c1-9(7-11(24)23-17(2,3)4)26-16(25)12-14(19)22-15(13(18)21-12)20-8-10-5-6-10/h7,10H,5-6,8H2,1-4H3,(H,23,24)(H3,19,20,22). The number of amides is 1. The molecule has 0 saturated heterocycles. The lowest BCUT2D eigenvalue weighted by molar-refractivity contribution is -0.117. The number of nitrogens with zero attached hydrogens (tertiary/aromatic N) is 2. The van der Waals surface area contributed by atoms with E-state index >= 15 is 0 Å². The fourth-order valence-electron chi connectivity index (χ4n) is 2.07. The Hall–Kier alpha value is -2.35. The van der Waals surface area contributed by atoms with Crippen LogP contribution in [-0.4, -0.2) is 33.9 Å². The van der Waals surface area contributed by atoms with Crippen LogP contribution in [0.25, 0.3) is 0 Å². The molecule has 1 aliphatic rings. The van der Waals surface area contributed by atoms with Gasteiger partial charge in [0.25, 0.3) is 0 Å². The fourth-order valence-corrected chi connectivity index (χ4v) is 2.26. The summed E-state index contributed by atoms with van der Waals surface area (Å²) >= 11 is 6.06. The van der Waals surface area contributed by atoms with Crippen molar-refractivity contribution < 1.29 is 14.3 Å². The summed E-state index contributed by atoms with van der Waals surface area (Å²) in [6.07, 6.45) is 3.53. The molecule has 0 aromatic carbocycles. The second-order valence-corrected chi connectivity index (χ2v) is 7.66. The van der Waals surface area contributed by atoms with Crippen LogP contribution in [0.2, 0.25) is 5.15 Å². The number of esters is 1. The van der Waals surface area contributed by atoms with Gasteiger partial charge in [-0.25, -0.2) is 14.8 Å². The van der Waals surface area contributed by atoms with Gasteiger partial charge in [0, 0.05) is 18.2 Å². The SMILES string of the molecule is CC(=CC(=O)NC(C)(C)C)OC(=O)c1nc(Cl)c(NCC2CC2)nc1N. The van der Waals surface area contributed by atoms with Crippen LogP contribution in [0.3, 0.4) is 0 Å². The Bertz CT molecular complexity index is 739. The number of rotatable bonds is 6. The molecule has 1 amide bonds. The first-order chi connectivity index (χ1) is 12.0. The summed E-state index contributed by atoms with van der Waals surface area (Å²) in [5, 5.41) is 5.84. The number of nitrogens with two attached hydrogens (primary N) is 1. The maximum atomic E-state index is 12.2. The van der Waals surface area contributed by atoms with Gasteiger partial charge in [0.15, 0.2) is 22.5 Å². The summed E-state index contributed by atoms with van der Waals surface area (Å²) in [4.78, 5) is 32.1. The lowest BCUT2D eigenvalue weighted by Gasteiger charge is -2.19. The molecule has 0 spiro atoms. The molecule has 1 aromatic heterocycles. The average molecular weight is 382 g/mol. The number of aromatic nitrogens is 2. The molecule has 0 atom stereocenters. The van der Waals surface area contributed by atoms with Gasteiger partial charge >= 0.3 is 5.97 Å². The lowest BCUT2D eigenvalue weighted by atomic mass is 10.1. The number of carbonyl (C=O) groups excluding carboxylic acids is 2. The number of halogens is 1. The third-order valence-corrected chi connectivity index (χ3v) is 3.68. The highest BCUT2D eigenvalue weighted by atomic mass is 35.5. The van der Waals surface area contributed by atoms with Gasteiger partial charge in [-0.3, -0.25) is 4.79 Å². The van der Waals surface area contributed by atoms with E-state index < -0.39 is 11.5 Å². The highest BCUT2D eigenvalue weighted by Crippen LogP contribution is 2.30. The van der Waals surface area contributed by atoms with Crippen LogP contribution >= 0.6 is 11.6 Å². The minimum absolute atomic E-state index is 0.0407. The van der Waals surface area contributed by atoms with Crippen molar-refractivity contribution in [3.05, 3.63) is 22.7 Å². The number of anilines is 2. The van der Waals surface area contributed by atoms with E-state index in [0.717, 1.165) is 6.54 Å². The van der Waals surface area contributed by atoms with E-state index in [1.807, 2.05) is 20.8 Å². The lowest BCUT2D eigenvalue weighted by Crippen LogP contribution is -2.39. The van der Waals surface area contributed by atoms with Gasteiger partial charge in [-0.15, -0.1) is 0 Å². The zero-order valence-electron chi connectivity index (χ0n) is 15.4. The maximum Gasteiger partial charge on any atom is 0.365 e. The normalized spacial score (nSPS) is 14.7. The number of hydrogen-bond donors (Lipinski definition) is 3. The Balaban J connectivity index is 2.03. The van der Waals surface area contributed by atoms with Crippen molar-refractivity contribution in [1.82, 2.24) is 15.3 Å². The highest BCUT2D eigenvalue weighted by Gasteiger charge is 2.23. The molecular formula is C17H24ClN5O3. The predicted molar refractivity (Wildman–Crippen MR) is 99.7 cm³/mol. The van der Waals surface area contributed by atoms with E-state index in [0.29, 0.717) is 11.7 Å². The molecular weight excluding hydrogens is 358 g/mol. The smallest absolute Gasteiger partial charge is 0.365 e. The van der Waals surface area contributed by atoms with Gasteiger partial charge in [-0.2, -0.15) is 0 Å². The third-order valence-electron chi connectivity index (χ3n) is 3.41. The molecule has 1 saturated carbocycles. The Morgan fingerprint density at radius 2 is 2.00 bits per heavy atom. The first-order valence-electron chi connectivity index (χ1n) is 8.34. The number of allylic oxidation sites excluding steroid dienone is 1. The van der Waals surface area contributed by atoms with Gasteiger partial charge in [0.2, 0.25) is 5.91 Å². The molecule has 142 valence electrons. The first kappa shape index (κ1) is 20.0. The van der Waals surface area contributed by atoms with Crippen molar-refractivity contribution in [3.63, 3.8) is 0 Å². The minimum atomic E-state index is -0.831. The summed E-state index contributed by atoms with van der Waals surface area (Å²) in [5.41, 5.74) is 5.21. The molecule has 26 heavy (non-hydrogen) atoms. The Morgan fingerprint density at radius 3 is 2.58 bits per heavy atom. The fraction of sp³-hybridized carbons (Fsp3) is 0.529. The second kappa shape index (κ2) is 7.90. The first-order valence-corrected chi connectivity index (χ1v) is 8.72. The van der Waals surface area contributed by atoms with Crippen molar-refractivity contribution >= 4 is 35.1 Å². The molecule has 1 fully saturated rings. The Morgan fingerprint density at radius 1 is 1.35 bits per heavy atom. The molecule has 0 bridgehead atoms. The maximum absolute atomic E-state index is 12.2. The molecule has 1 aromatic rings. The van der Waals surface area contributed by atoms with Gasteiger partial charge in [0.05, 0.1) is 0 Å². The molecule has 1 aliphatic carbocycles. The van der Waals surface area contributed by atoms with Gasteiger partial charge in [0.1, 0.15) is 5.76 Å². The molecule has 0 aliphatic heterocycles. The van der Waals surface area contributed by atoms with E-state index in [1.54, 1.807) is 0 Å². The van der Waals surface area contributed by atoms with Crippen molar-refractivity contribution in [2.75, 3.05) is 17.6 Å². The van der Waals surface area contributed by atoms with Crippen LogP contribution in [0, 0.1) is 5.92 Å². The molecule has 4 N–H and O–H groups in total. The molecule has 0 radical (unpaired) electrons. The average Bonchev–Trinajstić information content (AvgIpc) is 3.29. The topological polar surface area (TPSA) is 119 Å². The summed E-state index contributed by atoms with van der Waals surface area (Å²) < 4.78 is 5.11. The zero-order valence-corrected chi connectivity index (χ0v) is 16.1. The quantitative estimate of drug-likeness (QED) is 0.393. The Kier molecular flexibility index (Phi) is 6.07. The van der Waals surface area contributed by atoms with Gasteiger partial charge < -0.3 is 21.1 Å². The van der Waals surface area contributed by atoms with Gasteiger partial charge in [-0.1, -0.05) is 11.6 Å². The van der Waals surface area contributed by atoms with Gasteiger partial charge in [-0.05, 0) is 46.5 Å². The van der Waals surface area contributed by atoms with E-state index in [2.05, 4.69) is 20.6 Å². The number of carbonyl (C=O) groups is 2. The molecule has 9 heteroatoms. The minimum Gasteiger partial charge on any atom is -0.426 e. The van der Waals surface area contributed by atoms with Crippen molar-refractivity contribution in [2.45, 2.75) is 46.1 Å².